The topological polar surface area (TPSA) is 52.6 Å². The van der Waals surface area contributed by atoms with Gasteiger partial charge in [-0.25, -0.2) is 0 Å². The van der Waals surface area contributed by atoms with Crippen LogP contribution in [-0.2, 0) is 17.2 Å². The van der Waals surface area contributed by atoms with Gasteiger partial charge in [0.25, 0.3) is 0 Å². The second-order valence-corrected chi connectivity index (χ2v) is 2.46. The quantitative estimate of drug-likeness (QED) is 0.484. The number of hydrogen-bond donors (Lipinski definition) is 0. The monoisotopic (exact) mass is 196 g/mol. The minimum atomic E-state index is -0.718. The van der Waals surface area contributed by atoms with Crippen molar-refractivity contribution in [3.05, 3.63) is 0 Å². The molecule has 50 valence electrons. The summed E-state index contributed by atoms with van der Waals surface area (Å²) in [6, 6.07) is 0. The average molecular weight is 195 g/mol. The molecule has 0 aromatic carbocycles. The van der Waals surface area contributed by atoms with E-state index in [4.69, 9.17) is 0 Å². The Labute approximate surface area is 58.3 Å². The summed E-state index contributed by atoms with van der Waals surface area (Å²) in [5.41, 5.74) is 0. The van der Waals surface area contributed by atoms with Crippen LogP contribution in [0.3, 0.4) is 0 Å². The van der Waals surface area contributed by atoms with E-state index in [1.54, 1.807) is 0 Å². The summed E-state index contributed by atoms with van der Waals surface area (Å²) >= 11 is -0.718. The zero-order chi connectivity index (χ0) is 6.69. The van der Waals surface area contributed by atoms with Gasteiger partial charge in [0.2, 0.25) is 0 Å². The Balaban J connectivity index is 2.43. The third kappa shape index (κ3) is 2.03. The van der Waals surface area contributed by atoms with Crippen LogP contribution in [0.1, 0.15) is 12.8 Å². The van der Waals surface area contributed by atoms with Crippen LogP contribution < -0.4 is 0 Å². The van der Waals surface area contributed by atoms with Gasteiger partial charge in [-0.05, 0) is 0 Å². The van der Waals surface area contributed by atoms with Crippen molar-refractivity contribution in [2.45, 2.75) is 12.8 Å². The van der Waals surface area contributed by atoms with Crippen molar-refractivity contribution in [2.24, 2.45) is 0 Å². The van der Waals surface area contributed by atoms with E-state index < -0.39 is 15.6 Å². The Morgan fingerprint density at radius 3 is 2.00 bits per heavy atom. The summed E-state index contributed by atoms with van der Waals surface area (Å²) in [6.07, 6.45) is 0.307. The van der Waals surface area contributed by atoms with Gasteiger partial charge in [0, 0.05) is 0 Å². The molecule has 1 aliphatic heterocycles. The van der Waals surface area contributed by atoms with Crippen LogP contribution in [0.15, 0.2) is 0 Å². The molecule has 0 N–H and O–H groups in total. The van der Waals surface area contributed by atoms with E-state index >= 15 is 0 Å². The van der Waals surface area contributed by atoms with Crippen molar-refractivity contribution < 1.29 is 17.2 Å². The standard InChI is InChI=1S/C4H4O4Se/c5-3-1-2-4(6)8-9-7-3/h1-2H2. The van der Waals surface area contributed by atoms with Crippen LogP contribution in [0.2, 0.25) is 0 Å². The number of carbonyl (C=O) groups excluding carboxylic acids is 2. The zero-order valence-electron chi connectivity index (χ0n) is 4.46. The first kappa shape index (κ1) is 6.58. The van der Waals surface area contributed by atoms with Crippen LogP contribution in [-0.4, -0.2) is 27.6 Å². The van der Waals surface area contributed by atoms with Gasteiger partial charge in [-0.1, -0.05) is 0 Å². The van der Waals surface area contributed by atoms with Gasteiger partial charge in [0.15, 0.2) is 0 Å². The van der Waals surface area contributed by atoms with Gasteiger partial charge in [-0.2, -0.15) is 0 Å². The molecule has 1 fully saturated rings. The van der Waals surface area contributed by atoms with Gasteiger partial charge in [-0.15, -0.1) is 0 Å². The second-order valence-electron chi connectivity index (χ2n) is 1.48. The number of rotatable bonds is 0. The summed E-state index contributed by atoms with van der Waals surface area (Å²) in [5, 5.41) is 0. The number of carbonyl (C=O) groups is 2. The fraction of sp³-hybridized carbons (Fsp3) is 0.500. The van der Waals surface area contributed by atoms with E-state index in [0.29, 0.717) is 0 Å². The van der Waals surface area contributed by atoms with Crippen LogP contribution in [0.25, 0.3) is 0 Å². The fourth-order valence-corrected chi connectivity index (χ4v) is 1.12. The first-order valence-corrected chi connectivity index (χ1v) is 3.76. The molecule has 5 heteroatoms. The first-order chi connectivity index (χ1) is 4.29. The van der Waals surface area contributed by atoms with Crippen molar-refractivity contribution in [3.63, 3.8) is 0 Å². The van der Waals surface area contributed by atoms with E-state index in [1.807, 2.05) is 0 Å². The van der Waals surface area contributed by atoms with Crippen LogP contribution in [0.5, 0.6) is 0 Å². The molecule has 0 bridgehead atoms. The molecule has 0 spiro atoms. The summed E-state index contributed by atoms with van der Waals surface area (Å²) in [4.78, 5) is 20.8. The second kappa shape index (κ2) is 2.85. The third-order valence-corrected chi connectivity index (χ3v) is 1.85. The molecule has 1 rings (SSSR count). The summed E-state index contributed by atoms with van der Waals surface area (Å²) in [7, 11) is 0. The molecule has 0 atom stereocenters. The average Bonchev–Trinajstić information content (AvgIpc) is 1.97. The normalized spacial score (nSPS) is 20.0. The summed E-state index contributed by atoms with van der Waals surface area (Å²) in [6.45, 7) is 0. The fourth-order valence-electron chi connectivity index (χ4n) is 0.380. The Morgan fingerprint density at radius 2 is 1.56 bits per heavy atom. The molecule has 0 aliphatic carbocycles. The molecule has 9 heavy (non-hydrogen) atoms. The molecule has 0 saturated carbocycles. The predicted molar refractivity (Wildman–Crippen MR) is 27.2 cm³/mol. The Bertz CT molecular complexity index is 128. The SMILES string of the molecule is O=C1CCC(=O)O[Se]O1. The molecule has 0 aromatic rings. The van der Waals surface area contributed by atoms with Crippen molar-refractivity contribution >= 4 is 27.6 Å². The van der Waals surface area contributed by atoms with Crippen molar-refractivity contribution in [1.82, 2.24) is 0 Å². The van der Waals surface area contributed by atoms with E-state index in [-0.39, 0.29) is 24.8 Å². The van der Waals surface area contributed by atoms with Gasteiger partial charge >= 0.3 is 57.6 Å². The van der Waals surface area contributed by atoms with E-state index in [1.165, 1.54) is 0 Å². The number of hydrogen-bond acceptors (Lipinski definition) is 4. The molecule has 1 aliphatic rings. The first-order valence-electron chi connectivity index (χ1n) is 2.36. The van der Waals surface area contributed by atoms with Gasteiger partial charge in [0.1, 0.15) is 0 Å². The van der Waals surface area contributed by atoms with E-state index in [9.17, 15) is 9.59 Å². The van der Waals surface area contributed by atoms with Crippen LogP contribution in [0.4, 0.5) is 0 Å². The summed E-state index contributed by atoms with van der Waals surface area (Å²) < 4.78 is 8.91. The summed E-state index contributed by atoms with van der Waals surface area (Å²) in [5.74, 6) is -0.693. The maximum atomic E-state index is 10.4. The molecule has 0 amide bonds. The molecule has 1 saturated heterocycles. The van der Waals surface area contributed by atoms with Gasteiger partial charge in [-0.3, -0.25) is 0 Å². The van der Waals surface area contributed by atoms with Crippen LogP contribution >= 0.6 is 0 Å². The Morgan fingerprint density at radius 1 is 1.11 bits per heavy atom. The van der Waals surface area contributed by atoms with Gasteiger partial charge in [0.05, 0.1) is 0 Å². The molecule has 0 radical (unpaired) electrons. The maximum absolute atomic E-state index is 10.4. The van der Waals surface area contributed by atoms with E-state index in [0.717, 1.165) is 0 Å². The van der Waals surface area contributed by atoms with Gasteiger partial charge < -0.3 is 0 Å². The van der Waals surface area contributed by atoms with Crippen LogP contribution in [0, 0.1) is 0 Å². The van der Waals surface area contributed by atoms with Crippen molar-refractivity contribution in [1.29, 1.82) is 0 Å². The van der Waals surface area contributed by atoms with E-state index in [2.05, 4.69) is 7.64 Å². The molecule has 0 unspecified atom stereocenters. The minimum absolute atomic E-state index is 0.153. The third-order valence-electron chi connectivity index (χ3n) is 0.787. The van der Waals surface area contributed by atoms with Crippen molar-refractivity contribution in [3.8, 4) is 0 Å². The Kier molecular flexibility index (Phi) is 2.08. The Hall–Kier alpha value is -0.541. The predicted octanol–water partition coefficient (Wildman–Crippen LogP) is -0.599. The molecule has 0 aromatic heterocycles. The molecule has 1 heterocycles. The zero-order valence-corrected chi connectivity index (χ0v) is 6.17. The molecule has 4 nitrogen and oxygen atoms in total. The molecular formula is C4H4O4Se. The van der Waals surface area contributed by atoms with Crippen molar-refractivity contribution in [2.75, 3.05) is 0 Å². The molecular weight excluding hydrogens is 191 g/mol.